The molecule has 0 aliphatic heterocycles. The molecule has 0 aliphatic carbocycles. The molecule has 1 atom stereocenters. The van der Waals surface area contributed by atoms with Gasteiger partial charge in [0.05, 0.1) is 4.83 Å². The smallest absolute Gasteiger partial charge is 0.0645 e. The van der Waals surface area contributed by atoms with Crippen molar-refractivity contribution in [3.8, 4) is 0 Å². The average molecular weight is 340 g/mol. The lowest BCUT2D eigenvalue weighted by atomic mass is 10.0. The summed E-state index contributed by atoms with van der Waals surface area (Å²) < 4.78 is 1.11. The van der Waals surface area contributed by atoms with Crippen molar-refractivity contribution in [1.82, 2.24) is 0 Å². The van der Waals surface area contributed by atoms with Crippen molar-refractivity contribution in [2.45, 2.75) is 11.8 Å². The molecule has 0 saturated heterocycles. The molecule has 1 unspecified atom stereocenters. The predicted molar refractivity (Wildman–Crippen MR) is 76.1 cm³/mol. The second-order valence-electron chi connectivity index (χ2n) is 3.83. The lowest BCUT2D eigenvalue weighted by Crippen LogP contribution is -1.92. The fraction of sp³-hybridized carbons (Fsp3) is 0.143. The van der Waals surface area contributed by atoms with Gasteiger partial charge in [0.1, 0.15) is 0 Å². The summed E-state index contributed by atoms with van der Waals surface area (Å²) in [5, 5.41) is 0. The third kappa shape index (κ3) is 2.74. The fourth-order valence-corrected chi connectivity index (χ4v) is 2.60. The molecule has 0 aromatic heterocycles. The van der Waals surface area contributed by atoms with Gasteiger partial charge in [-0.3, -0.25) is 0 Å². The maximum Gasteiger partial charge on any atom is 0.0645 e. The maximum absolute atomic E-state index is 3.73. The summed E-state index contributed by atoms with van der Waals surface area (Å²) in [7, 11) is 0. The molecule has 0 amide bonds. The van der Waals surface area contributed by atoms with E-state index in [0.717, 1.165) is 4.47 Å². The van der Waals surface area contributed by atoms with Gasteiger partial charge in [-0.1, -0.05) is 73.8 Å². The minimum atomic E-state index is 0.255. The Bertz CT molecular complexity index is 474. The van der Waals surface area contributed by atoms with Gasteiger partial charge in [0.15, 0.2) is 0 Å². The van der Waals surface area contributed by atoms with E-state index in [1.165, 1.54) is 16.7 Å². The van der Waals surface area contributed by atoms with Gasteiger partial charge in [-0.05, 0) is 30.2 Å². The molecule has 82 valence electrons. The number of halogens is 2. The Morgan fingerprint density at radius 3 is 2.25 bits per heavy atom. The molecule has 0 fully saturated rings. The summed E-state index contributed by atoms with van der Waals surface area (Å²) in [5.41, 5.74) is 3.83. The topological polar surface area (TPSA) is 0 Å². The van der Waals surface area contributed by atoms with Gasteiger partial charge in [-0.25, -0.2) is 0 Å². The first-order valence-corrected chi connectivity index (χ1v) is 6.84. The van der Waals surface area contributed by atoms with E-state index in [2.05, 4.69) is 81.2 Å². The Labute approximate surface area is 113 Å². The summed E-state index contributed by atoms with van der Waals surface area (Å²) in [6.45, 7) is 2.10. The monoisotopic (exact) mass is 338 g/mol. The maximum atomic E-state index is 3.73. The first-order chi connectivity index (χ1) is 7.66. The molecule has 0 N–H and O–H groups in total. The van der Waals surface area contributed by atoms with Crippen LogP contribution in [0.5, 0.6) is 0 Å². The molecule has 0 radical (unpaired) electrons. The van der Waals surface area contributed by atoms with Crippen LogP contribution < -0.4 is 0 Å². The minimum absolute atomic E-state index is 0.255. The van der Waals surface area contributed by atoms with E-state index in [-0.39, 0.29) is 4.83 Å². The van der Waals surface area contributed by atoms with Gasteiger partial charge in [0, 0.05) is 4.47 Å². The quantitative estimate of drug-likeness (QED) is 0.656. The molecule has 0 nitrogen and oxygen atoms in total. The number of benzene rings is 2. The minimum Gasteiger partial charge on any atom is -0.0786 e. The van der Waals surface area contributed by atoms with Crippen LogP contribution in [0.15, 0.2) is 53.0 Å². The molecule has 0 saturated carbocycles. The third-order valence-corrected chi connectivity index (χ3v) is 4.06. The Morgan fingerprint density at radius 1 is 0.938 bits per heavy atom. The molecule has 2 aromatic rings. The van der Waals surface area contributed by atoms with Gasteiger partial charge < -0.3 is 0 Å². The van der Waals surface area contributed by atoms with Gasteiger partial charge in [0.2, 0.25) is 0 Å². The highest BCUT2D eigenvalue weighted by Gasteiger charge is 2.09. The molecule has 0 bridgehead atoms. The van der Waals surface area contributed by atoms with E-state index in [0.29, 0.717) is 0 Å². The molecular formula is C14H12Br2. The first kappa shape index (κ1) is 11.9. The molecule has 0 heterocycles. The number of hydrogen-bond acceptors (Lipinski definition) is 0. The Hall–Kier alpha value is -0.600. The van der Waals surface area contributed by atoms with Gasteiger partial charge in [-0.15, -0.1) is 0 Å². The summed E-state index contributed by atoms with van der Waals surface area (Å²) in [6.07, 6.45) is 0. The highest BCUT2D eigenvalue weighted by molar-refractivity contribution is 9.10. The van der Waals surface area contributed by atoms with Crippen molar-refractivity contribution in [3.63, 3.8) is 0 Å². The van der Waals surface area contributed by atoms with Crippen LogP contribution in [-0.4, -0.2) is 0 Å². The van der Waals surface area contributed by atoms with Crippen LogP contribution >= 0.6 is 31.9 Å². The number of alkyl halides is 1. The molecule has 16 heavy (non-hydrogen) atoms. The van der Waals surface area contributed by atoms with Crippen molar-refractivity contribution in [2.75, 3.05) is 0 Å². The summed E-state index contributed by atoms with van der Waals surface area (Å²) >= 11 is 7.23. The Morgan fingerprint density at radius 2 is 1.62 bits per heavy atom. The average Bonchev–Trinajstić information content (AvgIpc) is 2.29. The number of aryl methyl sites for hydroxylation is 1. The highest BCUT2D eigenvalue weighted by Crippen LogP contribution is 2.31. The van der Waals surface area contributed by atoms with Crippen molar-refractivity contribution in [1.29, 1.82) is 0 Å². The number of rotatable bonds is 2. The zero-order valence-corrected chi connectivity index (χ0v) is 12.1. The summed E-state index contributed by atoms with van der Waals surface area (Å²) in [4.78, 5) is 0.255. The van der Waals surface area contributed by atoms with E-state index in [4.69, 9.17) is 0 Å². The van der Waals surface area contributed by atoms with Crippen LogP contribution in [-0.2, 0) is 0 Å². The van der Waals surface area contributed by atoms with Crippen LogP contribution in [0.4, 0.5) is 0 Å². The van der Waals surface area contributed by atoms with E-state index in [1.54, 1.807) is 0 Å². The second kappa shape index (κ2) is 5.15. The zero-order chi connectivity index (χ0) is 11.5. The van der Waals surface area contributed by atoms with Crippen molar-refractivity contribution >= 4 is 31.9 Å². The van der Waals surface area contributed by atoms with E-state index < -0.39 is 0 Å². The zero-order valence-electron chi connectivity index (χ0n) is 8.95. The molecule has 0 aliphatic rings. The van der Waals surface area contributed by atoms with E-state index in [9.17, 15) is 0 Å². The summed E-state index contributed by atoms with van der Waals surface area (Å²) in [5.74, 6) is 0. The van der Waals surface area contributed by atoms with Crippen molar-refractivity contribution in [2.24, 2.45) is 0 Å². The third-order valence-electron chi connectivity index (χ3n) is 2.51. The first-order valence-electron chi connectivity index (χ1n) is 5.13. The molecule has 2 rings (SSSR count). The van der Waals surface area contributed by atoms with E-state index in [1.807, 2.05) is 6.07 Å². The van der Waals surface area contributed by atoms with E-state index >= 15 is 0 Å². The SMILES string of the molecule is Cc1ccc(C(Br)c2cccc(Br)c2)cc1. The predicted octanol–water partition coefficient (Wildman–Crippen LogP) is 5.24. The normalized spacial score (nSPS) is 12.4. The largest absolute Gasteiger partial charge is 0.0786 e. The van der Waals surface area contributed by atoms with Gasteiger partial charge >= 0.3 is 0 Å². The van der Waals surface area contributed by atoms with Crippen LogP contribution in [0.2, 0.25) is 0 Å². The van der Waals surface area contributed by atoms with Crippen LogP contribution in [0.3, 0.4) is 0 Å². The number of hydrogen-bond donors (Lipinski definition) is 0. The molecule has 2 heteroatoms. The standard InChI is InChI=1S/C14H12Br2/c1-10-5-7-11(8-6-10)14(16)12-3-2-4-13(15)9-12/h2-9,14H,1H3. The second-order valence-corrected chi connectivity index (χ2v) is 5.66. The summed E-state index contributed by atoms with van der Waals surface area (Å²) in [6, 6.07) is 17.0. The van der Waals surface area contributed by atoms with Crippen molar-refractivity contribution < 1.29 is 0 Å². The van der Waals surface area contributed by atoms with Gasteiger partial charge in [-0.2, -0.15) is 0 Å². The lowest BCUT2D eigenvalue weighted by Gasteiger charge is -2.11. The highest BCUT2D eigenvalue weighted by atomic mass is 79.9. The fourth-order valence-electron chi connectivity index (χ4n) is 1.59. The van der Waals surface area contributed by atoms with Gasteiger partial charge in [0.25, 0.3) is 0 Å². The molecule has 0 spiro atoms. The Kier molecular flexibility index (Phi) is 3.82. The van der Waals surface area contributed by atoms with Crippen LogP contribution in [0.1, 0.15) is 21.5 Å². The molecule has 2 aromatic carbocycles. The van der Waals surface area contributed by atoms with Crippen LogP contribution in [0.25, 0.3) is 0 Å². The van der Waals surface area contributed by atoms with Crippen LogP contribution in [0, 0.1) is 6.92 Å². The Balaban J connectivity index is 2.31. The van der Waals surface area contributed by atoms with Crippen molar-refractivity contribution in [3.05, 3.63) is 69.7 Å². The molecular weight excluding hydrogens is 328 g/mol. The lowest BCUT2D eigenvalue weighted by molar-refractivity contribution is 1.17.